The maximum atomic E-state index is 12.2. The van der Waals surface area contributed by atoms with Crippen molar-refractivity contribution < 1.29 is 4.79 Å². The van der Waals surface area contributed by atoms with Crippen molar-refractivity contribution in [2.45, 2.75) is 33.6 Å². The second-order valence-electron chi connectivity index (χ2n) is 7.44. The molecule has 4 nitrogen and oxygen atoms in total. The fraction of sp³-hybridized carbons (Fsp3) is 0.409. The first kappa shape index (κ1) is 18.3. The molecule has 26 heavy (non-hydrogen) atoms. The number of hydrogen-bond donors (Lipinski definition) is 2. The van der Waals surface area contributed by atoms with Crippen molar-refractivity contribution in [3.63, 3.8) is 0 Å². The van der Waals surface area contributed by atoms with Gasteiger partial charge in [-0.2, -0.15) is 0 Å². The third-order valence-electron chi connectivity index (χ3n) is 5.14. The molecule has 0 saturated carbocycles. The van der Waals surface area contributed by atoms with Crippen LogP contribution in [0, 0.1) is 19.8 Å². The summed E-state index contributed by atoms with van der Waals surface area (Å²) in [5.41, 5.74) is 5.33. The number of anilines is 3. The van der Waals surface area contributed by atoms with Crippen LogP contribution in [0.3, 0.4) is 0 Å². The summed E-state index contributed by atoms with van der Waals surface area (Å²) in [6.45, 7) is 8.88. The zero-order chi connectivity index (χ0) is 18.5. The molecular weight excluding hydrogens is 322 g/mol. The Hall–Kier alpha value is -2.49. The minimum atomic E-state index is -0.0344. The van der Waals surface area contributed by atoms with Gasteiger partial charge in [-0.25, -0.2) is 0 Å². The number of carbonyl (C=O) groups excluding carboxylic acids is 1. The predicted molar refractivity (Wildman–Crippen MR) is 110 cm³/mol. The first-order valence-electron chi connectivity index (χ1n) is 9.47. The summed E-state index contributed by atoms with van der Waals surface area (Å²) >= 11 is 0. The lowest BCUT2D eigenvalue weighted by atomic mass is 9.99. The Labute approximate surface area is 156 Å². The largest absolute Gasteiger partial charge is 0.376 e. The van der Waals surface area contributed by atoms with Crippen LogP contribution in [-0.4, -0.2) is 25.5 Å². The van der Waals surface area contributed by atoms with Crippen LogP contribution < -0.4 is 15.5 Å². The van der Waals surface area contributed by atoms with E-state index in [0.29, 0.717) is 0 Å². The molecule has 0 atom stereocenters. The Morgan fingerprint density at radius 3 is 2.46 bits per heavy atom. The molecule has 4 heteroatoms. The Morgan fingerprint density at radius 1 is 1.08 bits per heavy atom. The second kappa shape index (κ2) is 8.26. The van der Waals surface area contributed by atoms with Gasteiger partial charge in [0.05, 0.1) is 6.54 Å². The number of aryl methyl sites for hydroxylation is 2. The monoisotopic (exact) mass is 351 g/mol. The molecule has 1 saturated heterocycles. The van der Waals surface area contributed by atoms with Gasteiger partial charge in [-0.1, -0.05) is 19.1 Å². The first-order chi connectivity index (χ1) is 12.5. The van der Waals surface area contributed by atoms with Crippen molar-refractivity contribution in [1.82, 2.24) is 0 Å². The molecule has 0 bridgehead atoms. The molecule has 2 N–H and O–H groups in total. The van der Waals surface area contributed by atoms with E-state index in [2.05, 4.69) is 46.7 Å². The van der Waals surface area contributed by atoms with Crippen LogP contribution in [0.4, 0.5) is 17.1 Å². The highest BCUT2D eigenvalue weighted by Crippen LogP contribution is 2.24. The zero-order valence-electron chi connectivity index (χ0n) is 16.0. The average Bonchev–Trinajstić information content (AvgIpc) is 2.64. The molecule has 2 aromatic rings. The van der Waals surface area contributed by atoms with Crippen LogP contribution >= 0.6 is 0 Å². The third kappa shape index (κ3) is 4.78. The zero-order valence-corrected chi connectivity index (χ0v) is 16.0. The molecule has 0 aromatic heterocycles. The summed E-state index contributed by atoms with van der Waals surface area (Å²) in [5, 5.41) is 6.18. The molecule has 1 amide bonds. The SMILES string of the molecule is Cc1ccc(C)c(NC(=O)CNc2ccc(N3CCC(C)CC3)cc2)c1. The lowest BCUT2D eigenvalue weighted by molar-refractivity contribution is -0.114. The average molecular weight is 351 g/mol. The second-order valence-corrected chi connectivity index (χ2v) is 7.44. The van der Waals surface area contributed by atoms with Crippen LogP contribution in [-0.2, 0) is 4.79 Å². The van der Waals surface area contributed by atoms with Gasteiger partial charge in [-0.3, -0.25) is 4.79 Å². The Balaban J connectivity index is 1.51. The first-order valence-corrected chi connectivity index (χ1v) is 9.47. The van der Waals surface area contributed by atoms with Gasteiger partial charge in [-0.15, -0.1) is 0 Å². The third-order valence-corrected chi connectivity index (χ3v) is 5.14. The molecular formula is C22H29N3O. The quantitative estimate of drug-likeness (QED) is 0.828. The molecule has 1 aliphatic heterocycles. The lowest BCUT2D eigenvalue weighted by Gasteiger charge is -2.32. The van der Waals surface area contributed by atoms with Crippen molar-refractivity contribution in [1.29, 1.82) is 0 Å². The van der Waals surface area contributed by atoms with E-state index in [1.54, 1.807) is 0 Å². The molecule has 0 radical (unpaired) electrons. The number of rotatable bonds is 5. The smallest absolute Gasteiger partial charge is 0.243 e. The molecule has 2 aromatic carbocycles. The highest BCUT2D eigenvalue weighted by molar-refractivity contribution is 5.94. The van der Waals surface area contributed by atoms with E-state index in [1.807, 2.05) is 32.0 Å². The Kier molecular flexibility index (Phi) is 5.82. The molecule has 0 spiro atoms. The number of carbonyl (C=O) groups is 1. The van der Waals surface area contributed by atoms with Crippen molar-refractivity contribution in [2.75, 3.05) is 35.2 Å². The van der Waals surface area contributed by atoms with Gasteiger partial charge in [-0.05, 0) is 74.1 Å². The Morgan fingerprint density at radius 2 is 1.77 bits per heavy atom. The van der Waals surface area contributed by atoms with E-state index < -0.39 is 0 Å². The van der Waals surface area contributed by atoms with E-state index >= 15 is 0 Å². The van der Waals surface area contributed by atoms with Crippen molar-refractivity contribution >= 4 is 23.0 Å². The molecule has 1 aliphatic rings. The van der Waals surface area contributed by atoms with Crippen LogP contribution in [0.1, 0.15) is 30.9 Å². The van der Waals surface area contributed by atoms with Crippen molar-refractivity contribution in [2.24, 2.45) is 5.92 Å². The maximum absolute atomic E-state index is 12.2. The predicted octanol–water partition coefficient (Wildman–Crippen LogP) is 4.59. The van der Waals surface area contributed by atoms with E-state index in [-0.39, 0.29) is 12.5 Å². The van der Waals surface area contributed by atoms with Crippen LogP contribution in [0.2, 0.25) is 0 Å². The normalized spacial score (nSPS) is 15.0. The summed E-state index contributed by atoms with van der Waals surface area (Å²) in [7, 11) is 0. The molecule has 0 unspecified atom stereocenters. The summed E-state index contributed by atoms with van der Waals surface area (Å²) in [5.74, 6) is 0.801. The van der Waals surface area contributed by atoms with Crippen molar-refractivity contribution in [3.05, 3.63) is 53.6 Å². The van der Waals surface area contributed by atoms with Gasteiger partial charge < -0.3 is 15.5 Å². The van der Waals surface area contributed by atoms with Crippen molar-refractivity contribution in [3.8, 4) is 0 Å². The fourth-order valence-electron chi connectivity index (χ4n) is 3.30. The molecule has 1 heterocycles. The minimum Gasteiger partial charge on any atom is -0.376 e. The standard InChI is InChI=1S/C22H29N3O/c1-16-10-12-25(13-11-16)20-8-6-19(7-9-20)23-15-22(26)24-21-14-17(2)4-5-18(21)3/h4-9,14,16,23H,10-13,15H2,1-3H3,(H,24,26). The highest BCUT2D eigenvalue weighted by atomic mass is 16.1. The molecule has 138 valence electrons. The van der Waals surface area contributed by atoms with E-state index in [9.17, 15) is 4.79 Å². The summed E-state index contributed by atoms with van der Waals surface area (Å²) in [6, 6.07) is 14.5. The topological polar surface area (TPSA) is 44.4 Å². The van der Waals surface area contributed by atoms with Gasteiger partial charge in [0.2, 0.25) is 5.91 Å². The van der Waals surface area contributed by atoms with E-state index in [4.69, 9.17) is 0 Å². The molecule has 3 rings (SSSR count). The Bertz CT molecular complexity index is 746. The molecule has 0 aliphatic carbocycles. The van der Waals surface area contributed by atoms with Gasteiger partial charge in [0.25, 0.3) is 0 Å². The van der Waals surface area contributed by atoms with Gasteiger partial charge in [0, 0.05) is 30.2 Å². The number of piperidine rings is 1. The van der Waals surface area contributed by atoms with E-state index in [1.165, 1.54) is 18.5 Å². The number of benzene rings is 2. The summed E-state index contributed by atoms with van der Waals surface area (Å²) < 4.78 is 0. The van der Waals surface area contributed by atoms with Gasteiger partial charge >= 0.3 is 0 Å². The maximum Gasteiger partial charge on any atom is 0.243 e. The fourth-order valence-corrected chi connectivity index (χ4v) is 3.30. The van der Waals surface area contributed by atoms with E-state index in [0.717, 1.165) is 41.5 Å². The molecule has 1 fully saturated rings. The number of nitrogens with zero attached hydrogens (tertiary/aromatic N) is 1. The van der Waals surface area contributed by atoms with Crippen LogP contribution in [0.25, 0.3) is 0 Å². The summed E-state index contributed by atoms with van der Waals surface area (Å²) in [4.78, 5) is 14.7. The highest BCUT2D eigenvalue weighted by Gasteiger charge is 2.15. The number of nitrogens with one attached hydrogen (secondary N) is 2. The summed E-state index contributed by atoms with van der Waals surface area (Å²) in [6.07, 6.45) is 2.52. The van der Waals surface area contributed by atoms with Gasteiger partial charge in [0.15, 0.2) is 0 Å². The van der Waals surface area contributed by atoms with Crippen LogP contribution in [0.15, 0.2) is 42.5 Å². The number of hydrogen-bond acceptors (Lipinski definition) is 3. The van der Waals surface area contributed by atoms with Gasteiger partial charge in [0.1, 0.15) is 0 Å². The lowest BCUT2D eigenvalue weighted by Crippen LogP contribution is -2.32. The minimum absolute atomic E-state index is 0.0344. The van der Waals surface area contributed by atoms with Crippen LogP contribution in [0.5, 0.6) is 0 Å². The number of amides is 1.